The molecule has 14 heavy (non-hydrogen) atoms. The summed E-state index contributed by atoms with van der Waals surface area (Å²) in [6, 6.07) is 5.32. The number of halogens is 2. The quantitative estimate of drug-likeness (QED) is 0.878. The minimum Gasteiger partial charge on any atom is -0.267 e. The van der Waals surface area contributed by atoms with E-state index >= 15 is 0 Å². The lowest BCUT2D eigenvalue weighted by Gasteiger charge is -1.95. The lowest BCUT2D eigenvalue weighted by Crippen LogP contribution is -2.08. The second kappa shape index (κ2) is 3.84. The molecule has 1 N–H and O–H groups in total. The van der Waals surface area contributed by atoms with Crippen molar-refractivity contribution in [3.05, 3.63) is 37.4 Å². The number of nitrogens with zero attached hydrogens (tertiary/aromatic N) is 1. The van der Waals surface area contributed by atoms with Gasteiger partial charge in [0.05, 0.1) is 13.7 Å². The molecule has 2 rings (SSSR count). The maximum Gasteiger partial charge on any atom is 0.278 e. The van der Waals surface area contributed by atoms with Crippen LogP contribution in [0, 0.1) is 0 Å². The molecule has 0 saturated heterocycles. The van der Waals surface area contributed by atoms with E-state index in [0.29, 0.717) is 14.5 Å². The van der Waals surface area contributed by atoms with Crippen LogP contribution in [-0.4, -0.2) is 10.2 Å². The standard InChI is InChI=1S/C8H4BrClN2OS/c9-4-3-5(11-12-8(4)13)6-1-2-7(10)14-6/h1-3H,(H,12,13). The summed E-state index contributed by atoms with van der Waals surface area (Å²) >= 11 is 10.3. The number of thiophene rings is 1. The first-order chi connectivity index (χ1) is 6.66. The number of rotatable bonds is 1. The number of hydrogen-bond acceptors (Lipinski definition) is 3. The van der Waals surface area contributed by atoms with Gasteiger partial charge in [-0.05, 0) is 34.1 Å². The fourth-order valence-electron chi connectivity index (χ4n) is 0.960. The fourth-order valence-corrected chi connectivity index (χ4v) is 2.27. The Morgan fingerprint density at radius 3 is 2.86 bits per heavy atom. The van der Waals surface area contributed by atoms with Gasteiger partial charge in [0.25, 0.3) is 5.56 Å². The summed E-state index contributed by atoms with van der Waals surface area (Å²) in [6.45, 7) is 0. The Balaban J connectivity index is 2.52. The van der Waals surface area contributed by atoms with Crippen molar-refractivity contribution in [2.24, 2.45) is 0 Å². The van der Waals surface area contributed by atoms with Gasteiger partial charge in [0.2, 0.25) is 0 Å². The Kier molecular flexibility index (Phi) is 2.71. The van der Waals surface area contributed by atoms with E-state index in [4.69, 9.17) is 11.6 Å². The van der Waals surface area contributed by atoms with E-state index in [2.05, 4.69) is 26.1 Å². The summed E-state index contributed by atoms with van der Waals surface area (Å²) in [4.78, 5) is 11.9. The first-order valence-corrected chi connectivity index (χ1v) is 5.66. The van der Waals surface area contributed by atoms with Gasteiger partial charge in [-0.15, -0.1) is 11.3 Å². The van der Waals surface area contributed by atoms with Crippen molar-refractivity contribution in [3.63, 3.8) is 0 Å². The minimum atomic E-state index is -0.239. The predicted molar refractivity (Wildman–Crippen MR) is 60.9 cm³/mol. The molecule has 2 aromatic heterocycles. The molecule has 2 heterocycles. The molecular weight excluding hydrogens is 288 g/mol. The van der Waals surface area contributed by atoms with Crippen molar-refractivity contribution < 1.29 is 0 Å². The molecule has 2 aromatic rings. The highest BCUT2D eigenvalue weighted by atomic mass is 79.9. The zero-order chi connectivity index (χ0) is 10.1. The third-order valence-corrected chi connectivity index (χ3v) is 3.43. The van der Waals surface area contributed by atoms with Gasteiger partial charge in [-0.3, -0.25) is 4.79 Å². The van der Waals surface area contributed by atoms with Crippen LogP contribution in [0.4, 0.5) is 0 Å². The van der Waals surface area contributed by atoms with Gasteiger partial charge in [-0.25, -0.2) is 5.10 Å². The van der Waals surface area contributed by atoms with E-state index in [-0.39, 0.29) is 5.56 Å². The summed E-state index contributed by atoms with van der Waals surface area (Å²) < 4.78 is 1.16. The van der Waals surface area contributed by atoms with Crippen LogP contribution in [0.2, 0.25) is 4.34 Å². The van der Waals surface area contributed by atoms with Crippen LogP contribution >= 0.6 is 38.9 Å². The van der Waals surface area contributed by atoms with Gasteiger partial charge in [0, 0.05) is 0 Å². The molecule has 0 unspecified atom stereocenters. The Hall–Kier alpha value is -0.650. The van der Waals surface area contributed by atoms with E-state index in [1.54, 1.807) is 12.1 Å². The van der Waals surface area contributed by atoms with Crippen LogP contribution in [0.15, 0.2) is 27.5 Å². The molecular formula is C8H4BrClN2OS. The molecule has 0 aliphatic carbocycles. The van der Waals surface area contributed by atoms with Gasteiger partial charge >= 0.3 is 0 Å². The largest absolute Gasteiger partial charge is 0.278 e. The van der Waals surface area contributed by atoms with E-state index in [0.717, 1.165) is 4.88 Å². The van der Waals surface area contributed by atoms with E-state index < -0.39 is 0 Å². The highest BCUT2D eigenvalue weighted by molar-refractivity contribution is 9.10. The average Bonchev–Trinajstić information content (AvgIpc) is 2.57. The lowest BCUT2D eigenvalue weighted by atomic mass is 10.3. The summed E-state index contributed by atoms with van der Waals surface area (Å²) in [5.74, 6) is 0. The number of H-pyrrole nitrogens is 1. The monoisotopic (exact) mass is 290 g/mol. The Bertz CT molecular complexity index is 522. The van der Waals surface area contributed by atoms with Gasteiger partial charge in [0.15, 0.2) is 0 Å². The maximum absolute atomic E-state index is 11.0. The second-order valence-corrected chi connectivity index (χ2v) is 5.10. The Morgan fingerprint density at radius 1 is 1.50 bits per heavy atom. The number of hydrogen-bond donors (Lipinski definition) is 1. The van der Waals surface area contributed by atoms with E-state index in [1.165, 1.54) is 11.3 Å². The summed E-state index contributed by atoms with van der Waals surface area (Å²) in [5.41, 5.74) is 0.463. The van der Waals surface area contributed by atoms with E-state index in [9.17, 15) is 4.79 Å². The van der Waals surface area contributed by atoms with Crippen LogP contribution < -0.4 is 5.56 Å². The van der Waals surface area contributed by atoms with Gasteiger partial charge in [0.1, 0.15) is 5.69 Å². The van der Waals surface area contributed by atoms with Crippen LogP contribution in [0.3, 0.4) is 0 Å². The van der Waals surface area contributed by atoms with Crippen LogP contribution in [0.1, 0.15) is 0 Å². The Morgan fingerprint density at radius 2 is 2.29 bits per heavy atom. The summed E-state index contributed by atoms with van der Waals surface area (Å²) in [6.07, 6.45) is 0. The summed E-state index contributed by atoms with van der Waals surface area (Å²) in [7, 11) is 0. The molecule has 0 spiro atoms. The van der Waals surface area contributed by atoms with Gasteiger partial charge in [-0.1, -0.05) is 11.6 Å². The summed E-state index contributed by atoms with van der Waals surface area (Å²) in [5, 5.41) is 6.29. The maximum atomic E-state index is 11.0. The SMILES string of the molecule is O=c1[nH]nc(-c2ccc(Cl)s2)cc1Br. The van der Waals surface area contributed by atoms with Crippen molar-refractivity contribution >= 4 is 38.9 Å². The number of aromatic nitrogens is 2. The number of nitrogens with one attached hydrogen (secondary N) is 1. The normalized spacial score (nSPS) is 10.4. The fraction of sp³-hybridized carbons (Fsp3) is 0. The smallest absolute Gasteiger partial charge is 0.267 e. The molecule has 6 heteroatoms. The van der Waals surface area contributed by atoms with Crippen molar-refractivity contribution in [1.82, 2.24) is 10.2 Å². The highest BCUT2D eigenvalue weighted by Gasteiger charge is 2.05. The average molecular weight is 292 g/mol. The molecule has 0 saturated carbocycles. The van der Waals surface area contributed by atoms with Crippen molar-refractivity contribution in [2.75, 3.05) is 0 Å². The molecule has 0 aromatic carbocycles. The molecule has 3 nitrogen and oxygen atoms in total. The molecule has 0 bridgehead atoms. The van der Waals surface area contributed by atoms with Crippen molar-refractivity contribution in [3.8, 4) is 10.6 Å². The highest BCUT2D eigenvalue weighted by Crippen LogP contribution is 2.29. The first kappa shape index (κ1) is 9.89. The third-order valence-electron chi connectivity index (χ3n) is 1.58. The molecule has 0 aliphatic heterocycles. The number of aromatic amines is 1. The van der Waals surface area contributed by atoms with E-state index in [1.807, 2.05) is 6.07 Å². The van der Waals surface area contributed by atoms with Crippen LogP contribution in [0.5, 0.6) is 0 Å². The zero-order valence-corrected chi connectivity index (χ0v) is 9.91. The molecule has 72 valence electrons. The zero-order valence-electron chi connectivity index (χ0n) is 6.75. The first-order valence-electron chi connectivity index (χ1n) is 3.68. The minimum absolute atomic E-state index is 0.239. The molecule has 0 aliphatic rings. The second-order valence-electron chi connectivity index (χ2n) is 2.53. The lowest BCUT2D eigenvalue weighted by molar-refractivity contribution is 0.988. The van der Waals surface area contributed by atoms with Gasteiger partial charge in [-0.2, -0.15) is 5.10 Å². The molecule has 0 atom stereocenters. The predicted octanol–water partition coefficient (Wildman–Crippen LogP) is 2.91. The molecule has 0 amide bonds. The Labute approximate surface area is 96.9 Å². The topological polar surface area (TPSA) is 45.8 Å². The van der Waals surface area contributed by atoms with Crippen molar-refractivity contribution in [1.29, 1.82) is 0 Å². The van der Waals surface area contributed by atoms with Crippen LogP contribution in [-0.2, 0) is 0 Å². The van der Waals surface area contributed by atoms with Gasteiger partial charge < -0.3 is 0 Å². The molecule has 0 radical (unpaired) electrons. The third kappa shape index (κ3) is 1.89. The molecule has 0 fully saturated rings. The van der Waals surface area contributed by atoms with Crippen LogP contribution in [0.25, 0.3) is 10.6 Å². The van der Waals surface area contributed by atoms with Crippen molar-refractivity contribution in [2.45, 2.75) is 0 Å².